The van der Waals surface area contributed by atoms with Crippen LogP contribution in [0.15, 0.2) is 48.8 Å². The first-order valence-corrected chi connectivity index (χ1v) is 8.13. The van der Waals surface area contributed by atoms with Gasteiger partial charge in [-0.25, -0.2) is 0 Å². The molecule has 1 fully saturated rings. The second-order valence-electron chi connectivity index (χ2n) is 5.77. The Kier molecular flexibility index (Phi) is 4.80. The number of rotatable bonds is 3. The Balaban J connectivity index is 1.82. The fourth-order valence-electron chi connectivity index (χ4n) is 2.79. The number of pyridine rings is 1. The van der Waals surface area contributed by atoms with Crippen LogP contribution in [0.5, 0.6) is 0 Å². The highest BCUT2D eigenvalue weighted by Crippen LogP contribution is 2.19. The number of likely N-dealkylation sites (N-methyl/N-ethyl adjacent to an activating group) is 1. The molecule has 1 aromatic carbocycles. The van der Waals surface area contributed by atoms with E-state index in [1.807, 2.05) is 30.6 Å². The van der Waals surface area contributed by atoms with Crippen molar-refractivity contribution in [2.75, 3.05) is 38.1 Å². The molecule has 22 heavy (non-hydrogen) atoms. The minimum atomic E-state index is 0.863. The van der Waals surface area contributed by atoms with Crippen molar-refractivity contribution >= 4 is 22.8 Å². The number of aromatic nitrogens is 1. The van der Waals surface area contributed by atoms with Gasteiger partial charge in [0.2, 0.25) is 0 Å². The molecule has 0 radical (unpaired) electrons. The van der Waals surface area contributed by atoms with Gasteiger partial charge in [-0.2, -0.15) is 0 Å². The fraction of sp³-hybridized carbons (Fsp3) is 0.333. The average molecular weight is 311 g/mol. The molecule has 0 amide bonds. The summed E-state index contributed by atoms with van der Waals surface area (Å²) in [6.45, 7) is 4.37. The summed E-state index contributed by atoms with van der Waals surface area (Å²) in [5.41, 5.74) is 3.27. The number of hydrogen-bond acceptors (Lipinski definition) is 4. The molecule has 0 N–H and O–H groups in total. The Morgan fingerprint density at radius 2 is 1.82 bits per heavy atom. The Labute approximate surface area is 137 Å². The molecule has 0 saturated carbocycles. The lowest BCUT2D eigenvalue weighted by Crippen LogP contribution is -2.28. The Morgan fingerprint density at radius 3 is 2.64 bits per heavy atom. The zero-order valence-corrected chi connectivity index (χ0v) is 13.7. The van der Waals surface area contributed by atoms with Gasteiger partial charge in [-0.05, 0) is 31.6 Å². The first kappa shape index (κ1) is 15.1. The fourth-order valence-corrected chi connectivity index (χ4v) is 3.03. The zero-order valence-electron chi connectivity index (χ0n) is 12.9. The van der Waals surface area contributed by atoms with Gasteiger partial charge >= 0.3 is 0 Å². The van der Waals surface area contributed by atoms with Crippen molar-refractivity contribution in [3.05, 3.63) is 59.9 Å². The topological polar surface area (TPSA) is 19.4 Å². The SMILES string of the molecule is CN1CCCN(c2cncc(C(=S)c3ccccc3)c2)CC1. The smallest absolute Gasteiger partial charge is 0.0559 e. The van der Waals surface area contributed by atoms with Gasteiger partial charge in [0.15, 0.2) is 0 Å². The maximum absolute atomic E-state index is 5.63. The molecular formula is C18H21N3S. The number of thiocarbonyl (C=S) groups is 1. The van der Waals surface area contributed by atoms with Crippen LogP contribution in [0, 0.1) is 0 Å². The molecule has 0 aliphatic carbocycles. The molecule has 0 atom stereocenters. The van der Waals surface area contributed by atoms with E-state index in [1.165, 1.54) is 12.1 Å². The minimum absolute atomic E-state index is 0.863. The van der Waals surface area contributed by atoms with Gasteiger partial charge in [-0.1, -0.05) is 42.5 Å². The summed E-state index contributed by atoms with van der Waals surface area (Å²) in [5.74, 6) is 0. The molecule has 1 aliphatic rings. The molecule has 2 heterocycles. The van der Waals surface area contributed by atoms with Gasteiger partial charge in [0, 0.05) is 31.4 Å². The van der Waals surface area contributed by atoms with Crippen LogP contribution in [0.1, 0.15) is 17.5 Å². The molecule has 1 aliphatic heterocycles. The lowest BCUT2D eigenvalue weighted by molar-refractivity contribution is 0.360. The van der Waals surface area contributed by atoms with Crippen molar-refractivity contribution in [1.82, 2.24) is 9.88 Å². The normalized spacial score (nSPS) is 16.3. The van der Waals surface area contributed by atoms with E-state index in [9.17, 15) is 0 Å². The molecule has 4 heteroatoms. The summed E-state index contributed by atoms with van der Waals surface area (Å²) in [5, 5.41) is 0. The third kappa shape index (κ3) is 3.51. The molecule has 2 aromatic rings. The van der Waals surface area contributed by atoms with E-state index in [1.54, 1.807) is 0 Å². The lowest BCUT2D eigenvalue weighted by Gasteiger charge is -2.23. The van der Waals surface area contributed by atoms with Crippen LogP contribution in [-0.2, 0) is 0 Å². The van der Waals surface area contributed by atoms with Crippen LogP contribution in [0.25, 0.3) is 0 Å². The predicted octanol–water partition coefficient (Wildman–Crippen LogP) is 2.99. The maximum atomic E-state index is 5.63. The number of benzene rings is 1. The third-order valence-electron chi connectivity index (χ3n) is 4.11. The van der Waals surface area contributed by atoms with Crippen molar-refractivity contribution in [2.45, 2.75) is 6.42 Å². The summed E-state index contributed by atoms with van der Waals surface area (Å²) in [6.07, 6.45) is 5.00. The maximum Gasteiger partial charge on any atom is 0.0559 e. The monoisotopic (exact) mass is 311 g/mol. The quantitative estimate of drug-likeness (QED) is 0.641. The van der Waals surface area contributed by atoms with E-state index < -0.39 is 0 Å². The molecule has 0 unspecified atom stereocenters. The highest BCUT2D eigenvalue weighted by atomic mass is 32.1. The lowest BCUT2D eigenvalue weighted by atomic mass is 10.1. The summed E-state index contributed by atoms with van der Waals surface area (Å²) in [6, 6.07) is 12.3. The van der Waals surface area contributed by atoms with Crippen LogP contribution in [0.2, 0.25) is 0 Å². The van der Waals surface area contributed by atoms with Crippen molar-refractivity contribution < 1.29 is 0 Å². The summed E-state index contributed by atoms with van der Waals surface area (Å²) >= 11 is 5.63. The van der Waals surface area contributed by atoms with Crippen molar-refractivity contribution in [2.24, 2.45) is 0 Å². The van der Waals surface area contributed by atoms with E-state index in [4.69, 9.17) is 12.2 Å². The molecule has 0 spiro atoms. The van der Waals surface area contributed by atoms with Crippen molar-refractivity contribution in [1.29, 1.82) is 0 Å². The Bertz CT molecular complexity index is 642. The van der Waals surface area contributed by atoms with Crippen LogP contribution >= 0.6 is 12.2 Å². The summed E-state index contributed by atoms with van der Waals surface area (Å²) in [4.78, 5) is 10.1. The average Bonchev–Trinajstić information content (AvgIpc) is 2.80. The van der Waals surface area contributed by atoms with Gasteiger partial charge in [0.25, 0.3) is 0 Å². The molecule has 3 rings (SSSR count). The Hall–Kier alpha value is -1.78. The second kappa shape index (κ2) is 6.99. The predicted molar refractivity (Wildman–Crippen MR) is 95.8 cm³/mol. The van der Waals surface area contributed by atoms with Crippen LogP contribution in [0.3, 0.4) is 0 Å². The van der Waals surface area contributed by atoms with E-state index in [2.05, 4.69) is 40.0 Å². The number of hydrogen-bond donors (Lipinski definition) is 0. The standard InChI is InChI=1S/C18H21N3S/c1-20-8-5-9-21(11-10-20)17-12-16(13-19-14-17)18(22)15-6-3-2-4-7-15/h2-4,6-7,12-14H,5,8-11H2,1H3. The summed E-state index contributed by atoms with van der Waals surface area (Å²) < 4.78 is 0. The number of nitrogens with zero attached hydrogens (tertiary/aromatic N) is 3. The van der Waals surface area contributed by atoms with E-state index in [0.29, 0.717) is 0 Å². The van der Waals surface area contributed by atoms with Gasteiger partial charge in [-0.15, -0.1) is 0 Å². The zero-order chi connectivity index (χ0) is 15.4. The minimum Gasteiger partial charge on any atom is -0.369 e. The molecule has 114 valence electrons. The first-order chi connectivity index (χ1) is 10.7. The molecular weight excluding hydrogens is 290 g/mol. The van der Waals surface area contributed by atoms with E-state index >= 15 is 0 Å². The van der Waals surface area contributed by atoms with Gasteiger partial charge < -0.3 is 9.80 Å². The molecule has 0 bridgehead atoms. The third-order valence-corrected chi connectivity index (χ3v) is 4.58. The van der Waals surface area contributed by atoms with Gasteiger partial charge in [0.05, 0.1) is 16.7 Å². The van der Waals surface area contributed by atoms with Crippen LogP contribution in [0.4, 0.5) is 5.69 Å². The van der Waals surface area contributed by atoms with Gasteiger partial charge in [-0.3, -0.25) is 4.98 Å². The van der Waals surface area contributed by atoms with E-state index in [-0.39, 0.29) is 0 Å². The number of anilines is 1. The van der Waals surface area contributed by atoms with E-state index in [0.717, 1.165) is 42.2 Å². The Morgan fingerprint density at radius 1 is 1.00 bits per heavy atom. The van der Waals surface area contributed by atoms with Crippen LogP contribution in [-0.4, -0.2) is 48.0 Å². The van der Waals surface area contributed by atoms with Gasteiger partial charge in [0.1, 0.15) is 0 Å². The second-order valence-corrected chi connectivity index (χ2v) is 6.18. The largest absolute Gasteiger partial charge is 0.369 e. The highest BCUT2D eigenvalue weighted by molar-refractivity contribution is 7.81. The summed E-state index contributed by atoms with van der Waals surface area (Å²) in [7, 11) is 2.18. The van der Waals surface area contributed by atoms with Crippen molar-refractivity contribution in [3.63, 3.8) is 0 Å². The first-order valence-electron chi connectivity index (χ1n) is 7.72. The van der Waals surface area contributed by atoms with Crippen molar-refractivity contribution in [3.8, 4) is 0 Å². The highest BCUT2D eigenvalue weighted by Gasteiger charge is 2.14. The molecule has 1 saturated heterocycles. The molecule has 1 aromatic heterocycles. The molecule has 3 nitrogen and oxygen atoms in total. The van der Waals surface area contributed by atoms with Crippen LogP contribution < -0.4 is 4.90 Å².